The van der Waals surface area contributed by atoms with Crippen molar-refractivity contribution in [2.24, 2.45) is 0 Å². The average molecular weight is 325 g/mol. The molecule has 0 saturated carbocycles. The molecule has 23 heavy (non-hydrogen) atoms. The summed E-state index contributed by atoms with van der Waals surface area (Å²) in [4.78, 5) is 0. The lowest BCUT2D eigenvalue weighted by molar-refractivity contribution is 0.396. The Labute approximate surface area is 146 Å². The van der Waals surface area contributed by atoms with Gasteiger partial charge >= 0.3 is 0 Å². The van der Waals surface area contributed by atoms with Crippen LogP contribution in [0.5, 0.6) is 0 Å². The SMILES string of the molecule is CCCCCCCCCCCC=C(NC(C)(C)C)NC(C)(C)C. The summed E-state index contributed by atoms with van der Waals surface area (Å²) in [7, 11) is 0. The second kappa shape index (κ2) is 11.8. The molecule has 0 aromatic carbocycles. The zero-order chi connectivity index (χ0) is 17.8. The van der Waals surface area contributed by atoms with Gasteiger partial charge in [0.15, 0.2) is 0 Å². The zero-order valence-electron chi connectivity index (χ0n) is 17.1. The Kier molecular flexibility index (Phi) is 11.5. The maximum absolute atomic E-state index is 3.59. The number of allylic oxidation sites excluding steroid dienone is 1. The summed E-state index contributed by atoms with van der Waals surface area (Å²) < 4.78 is 0. The molecule has 0 aliphatic heterocycles. The standard InChI is InChI=1S/C21H44N2/c1-8-9-10-11-12-13-14-15-16-17-18-19(22-20(2,3)4)23-21(5,6)7/h18,22-23H,8-17H2,1-7H3. The van der Waals surface area contributed by atoms with Gasteiger partial charge in [-0.05, 0) is 60.5 Å². The minimum absolute atomic E-state index is 0.0998. The lowest BCUT2D eigenvalue weighted by atomic mass is 10.1. The summed E-state index contributed by atoms with van der Waals surface area (Å²) in [5, 5.41) is 7.19. The fraction of sp³-hybridized carbons (Fsp3) is 0.905. The van der Waals surface area contributed by atoms with Gasteiger partial charge in [0.1, 0.15) is 0 Å². The minimum atomic E-state index is 0.0998. The Bertz CT molecular complexity index is 287. The van der Waals surface area contributed by atoms with Gasteiger partial charge in [-0.25, -0.2) is 0 Å². The largest absolute Gasteiger partial charge is 0.368 e. The first kappa shape index (κ1) is 22.3. The smallest absolute Gasteiger partial charge is 0.0953 e. The molecule has 2 heteroatoms. The van der Waals surface area contributed by atoms with E-state index in [0.717, 1.165) is 6.42 Å². The van der Waals surface area contributed by atoms with E-state index in [1.165, 1.54) is 63.6 Å². The molecule has 0 rings (SSSR count). The van der Waals surface area contributed by atoms with Gasteiger partial charge in [0.25, 0.3) is 0 Å². The van der Waals surface area contributed by atoms with E-state index in [0.29, 0.717) is 0 Å². The van der Waals surface area contributed by atoms with Crippen molar-refractivity contribution in [1.29, 1.82) is 0 Å². The van der Waals surface area contributed by atoms with Crippen molar-refractivity contribution in [2.45, 2.75) is 124 Å². The molecule has 0 unspecified atom stereocenters. The van der Waals surface area contributed by atoms with Crippen molar-refractivity contribution in [3.63, 3.8) is 0 Å². The van der Waals surface area contributed by atoms with Crippen LogP contribution in [0.15, 0.2) is 11.9 Å². The van der Waals surface area contributed by atoms with Crippen LogP contribution in [0.3, 0.4) is 0 Å². The topological polar surface area (TPSA) is 24.1 Å². The third-order valence-corrected chi connectivity index (χ3v) is 3.68. The van der Waals surface area contributed by atoms with Gasteiger partial charge in [-0.3, -0.25) is 0 Å². The highest BCUT2D eigenvalue weighted by molar-refractivity contribution is 5.03. The fourth-order valence-corrected chi connectivity index (χ4v) is 2.64. The van der Waals surface area contributed by atoms with Crippen molar-refractivity contribution in [3.8, 4) is 0 Å². The lowest BCUT2D eigenvalue weighted by Gasteiger charge is -2.31. The van der Waals surface area contributed by atoms with Gasteiger partial charge in [-0.1, -0.05) is 58.3 Å². The predicted molar refractivity (Wildman–Crippen MR) is 106 cm³/mol. The van der Waals surface area contributed by atoms with Gasteiger partial charge in [0.05, 0.1) is 5.82 Å². The van der Waals surface area contributed by atoms with Crippen LogP contribution in [-0.4, -0.2) is 11.1 Å². The average Bonchev–Trinajstić information content (AvgIpc) is 2.37. The molecule has 138 valence electrons. The molecule has 0 aliphatic carbocycles. The van der Waals surface area contributed by atoms with Crippen molar-refractivity contribution in [1.82, 2.24) is 10.6 Å². The predicted octanol–water partition coefficient (Wildman–Crippen LogP) is 6.52. The lowest BCUT2D eigenvalue weighted by Crippen LogP contribution is -2.46. The summed E-state index contributed by atoms with van der Waals surface area (Å²) in [6.07, 6.45) is 16.0. The molecular weight excluding hydrogens is 280 g/mol. The third kappa shape index (κ3) is 17.5. The third-order valence-electron chi connectivity index (χ3n) is 3.68. The van der Waals surface area contributed by atoms with E-state index in [4.69, 9.17) is 0 Å². The summed E-state index contributed by atoms with van der Waals surface area (Å²) >= 11 is 0. The van der Waals surface area contributed by atoms with Crippen LogP contribution in [0.1, 0.15) is 113 Å². The number of rotatable bonds is 12. The van der Waals surface area contributed by atoms with Crippen molar-refractivity contribution < 1.29 is 0 Å². The van der Waals surface area contributed by atoms with Crippen LogP contribution in [0, 0.1) is 0 Å². The second-order valence-corrected chi connectivity index (χ2v) is 8.98. The van der Waals surface area contributed by atoms with E-state index in [1.807, 2.05) is 0 Å². The monoisotopic (exact) mass is 324 g/mol. The molecular formula is C21H44N2. The Balaban J connectivity index is 3.92. The van der Waals surface area contributed by atoms with Crippen molar-refractivity contribution in [3.05, 3.63) is 11.9 Å². The van der Waals surface area contributed by atoms with Crippen molar-refractivity contribution >= 4 is 0 Å². The Hall–Kier alpha value is -0.660. The van der Waals surface area contributed by atoms with Gasteiger partial charge in [-0.15, -0.1) is 0 Å². The van der Waals surface area contributed by atoms with Crippen LogP contribution in [0.25, 0.3) is 0 Å². The quantitative estimate of drug-likeness (QED) is 0.399. The summed E-state index contributed by atoms with van der Waals surface area (Å²) in [6, 6.07) is 0. The van der Waals surface area contributed by atoms with E-state index < -0.39 is 0 Å². The minimum Gasteiger partial charge on any atom is -0.368 e. The maximum Gasteiger partial charge on any atom is 0.0953 e. The van der Waals surface area contributed by atoms with Crippen LogP contribution < -0.4 is 10.6 Å². The molecule has 0 fully saturated rings. The molecule has 0 radical (unpaired) electrons. The molecule has 0 amide bonds. The number of unbranched alkanes of at least 4 members (excludes halogenated alkanes) is 9. The molecule has 0 aromatic heterocycles. The van der Waals surface area contributed by atoms with E-state index in [1.54, 1.807) is 0 Å². The molecule has 0 aliphatic rings. The fourth-order valence-electron chi connectivity index (χ4n) is 2.64. The maximum atomic E-state index is 3.59. The number of hydrogen-bond acceptors (Lipinski definition) is 2. The molecule has 2 nitrogen and oxygen atoms in total. The highest BCUT2D eigenvalue weighted by atomic mass is 15.1. The van der Waals surface area contributed by atoms with Gasteiger partial charge in [0, 0.05) is 11.1 Å². The first-order valence-electron chi connectivity index (χ1n) is 9.90. The summed E-state index contributed by atoms with van der Waals surface area (Å²) in [5.74, 6) is 1.18. The Morgan fingerprint density at radius 3 is 1.43 bits per heavy atom. The van der Waals surface area contributed by atoms with E-state index in [9.17, 15) is 0 Å². The van der Waals surface area contributed by atoms with Crippen LogP contribution in [0.4, 0.5) is 0 Å². The highest BCUT2D eigenvalue weighted by Crippen LogP contribution is 2.12. The molecule has 0 aromatic rings. The first-order chi connectivity index (χ1) is 10.6. The Morgan fingerprint density at radius 1 is 0.652 bits per heavy atom. The summed E-state index contributed by atoms with van der Waals surface area (Å²) in [5.41, 5.74) is 0.200. The Morgan fingerprint density at radius 2 is 1.04 bits per heavy atom. The first-order valence-corrected chi connectivity index (χ1v) is 9.90. The highest BCUT2D eigenvalue weighted by Gasteiger charge is 2.15. The van der Waals surface area contributed by atoms with Crippen LogP contribution in [-0.2, 0) is 0 Å². The normalized spacial score (nSPS) is 12.1. The van der Waals surface area contributed by atoms with Gasteiger partial charge < -0.3 is 10.6 Å². The molecule has 0 heterocycles. The number of nitrogens with one attached hydrogen (secondary N) is 2. The molecule has 0 spiro atoms. The van der Waals surface area contributed by atoms with Crippen LogP contribution in [0.2, 0.25) is 0 Å². The molecule has 2 N–H and O–H groups in total. The summed E-state index contributed by atoms with van der Waals surface area (Å²) in [6.45, 7) is 15.6. The molecule has 0 atom stereocenters. The van der Waals surface area contributed by atoms with E-state index >= 15 is 0 Å². The van der Waals surface area contributed by atoms with Gasteiger partial charge in [-0.2, -0.15) is 0 Å². The van der Waals surface area contributed by atoms with Crippen molar-refractivity contribution in [2.75, 3.05) is 0 Å². The van der Waals surface area contributed by atoms with Crippen LogP contribution >= 0.6 is 0 Å². The van der Waals surface area contributed by atoms with E-state index in [-0.39, 0.29) is 11.1 Å². The number of hydrogen-bond donors (Lipinski definition) is 2. The molecule has 0 saturated heterocycles. The molecule has 0 bridgehead atoms. The van der Waals surface area contributed by atoms with E-state index in [2.05, 4.69) is 65.2 Å². The zero-order valence-corrected chi connectivity index (χ0v) is 17.1. The van der Waals surface area contributed by atoms with Gasteiger partial charge in [0.2, 0.25) is 0 Å². The second-order valence-electron chi connectivity index (χ2n) is 8.98.